The highest BCUT2D eigenvalue weighted by atomic mass is 19.4. The molecule has 1 aliphatic rings. The monoisotopic (exact) mass is 275 g/mol. The molecule has 19 heavy (non-hydrogen) atoms. The number of carbonyl (C=O) groups excluding carboxylic acids is 1. The van der Waals surface area contributed by atoms with E-state index in [0.29, 0.717) is 6.42 Å². The minimum atomic E-state index is -4.51. The van der Waals surface area contributed by atoms with Crippen LogP contribution in [0.3, 0.4) is 0 Å². The molecule has 0 aliphatic carbocycles. The van der Waals surface area contributed by atoms with Crippen molar-refractivity contribution in [1.29, 1.82) is 0 Å². The number of rotatable bonds is 2. The topological polar surface area (TPSA) is 47.6 Å². The molecule has 1 aliphatic heterocycles. The largest absolute Gasteiger partial charge is 0.497 e. The maximum atomic E-state index is 13.0. The summed E-state index contributed by atoms with van der Waals surface area (Å²) >= 11 is 0. The average molecular weight is 275 g/mol. The van der Waals surface area contributed by atoms with E-state index < -0.39 is 23.9 Å². The quantitative estimate of drug-likeness (QED) is 0.902. The highest BCUT2D eigenvalue weighted by Crippen LogP contribution is 2.38. The Morgan fingerprint density at radius 2 is 2.16 bits per heavy atom. The Balaban J connectivity index is 2.41. The molecule has 1 atom stereocenters. The van der Waals surface area contributed by atoms with Crippen LogP contribution >= 0.6 is 0 Å². The summed E-state index contributed by atoms with van der Waals surface area (Å²) < 4.78 is 48.5. The summed E-state index contributed by atoms with van der Waals surface area (Å²) in [4.78, 5) is 11.1. The first-order chi connectivity index (χ1) is 8.91. The van der Waals surface area contributed by atoms with Crippen molar-refractivity contribution in [1.82, 2.24) is 5.32 Å². The molecular weight excluding hydrogens is 263 g/mol. The van der Waals surface area contributed by atoms with E-state index in [1.54, 1.807) is 0 Å². The van der Waals surface area contributed by atoms with E-state index >= 15 is 0 Å². The number of cyclic esters (lactones) is 1. The molecule has 4 nitrogen and oxygen atoms in total. The predicted molar refractivity (Wildman–Crippen MR) is 59.8 cm³/mol. The van der Waals surface area contributed by atoms with Crippen LogP contribution in [-0.4, -0.2) is 19.8 Å². The third-order valence-corrected chi connectivity index (χ3v) is 2.87. The van der Waals surface area contributed by atoms with E-state index in [1.807, 2.05) is 0 Å². The van der Waals surface area contributed by atoms with Gasteiger partial charge in [0.1, 0.15) is 5.75 Å². The summed E-state index contributed by atoms with van der Waals surface area (Å²) in [7, 11) is 1.30. The third kappa shape index (κ3) is 2.91. The van der Waals surface area contributed by atoms with Gasteiger partial charge in [0.2, 0.25) is 0 Å². The molecule has 0 saturated carbocycles. The van der Waals surface area contributed by atoms with Gasteiger partial charge in [-0.15, -0.1) is 0 Å². The van der Waals surface area contributed by atoms with E-state index in [2.05, 4.69) is 10.1 Å². The second-order valence-electron chi connectivity index (χ2n) is 4.07. The zero-order chi connectivity index (χ0) is 14.0. The molecule has 0 unspecified atom stereocenters. The van der Waals surface area contributed by atoms with Crippen molar-refractivity contribution in [2.24, 2.45) is 0 Å². The lowest BCUT2D eigenvalue weighted by Crippen LogP contribution is -2.36. The van der Waals surface area contributed by atoms with Crippen LogP contribution in [0.15, 0.2) is 18.2 Å². The third-order valence-electron chi connectivity index (χ3n) is 2.87. The molecule has 1 heterocycles. The first kappa shape index (κ1) is 13.5. The molecule has 7 heteroatoms. The highest BCUT2D eigenvalue weighted by Gasteiger charge is 2.37. The minimum Gasteiger partial charge on any atom is -0.497 e. The molecule has 1 saturated heterocycles. The molecule has 1 amide bonds. The maximum Gasteiger partial charge on any atom is 0.416 e. The molecular formula is C12H12F3NO3. The van der Waals surface area contributed by atoms with Crippen LogP contribution in [0.5, 0.6) is 5.75 Å². The molecule has 1 aromatic carbocycles. The van der Waals surface area contributed by atoms with Crippen molar-refractivity contribution in [2.75, 3.05) is 13.7 Å². The Bertz CT molecular complexity index is 488. The van der Waals surface area contributed by atoms with Crippen LogP contribution in [0.4, 0.5) is 18.0 Å². The van der Waals surface area contributed by atoms with E-state index in [1.165, 1.54) is 19.2 Å². The summed E-state index contributed by atoms with van der Waals surface area (Å²) in [6.45, 7) is 0.0970. The second-order valence-corrected chi connectivity index (χ2v) is 4.07. The number of alkyl halides is 3. The fourth-order valence-corrected chi connectivity index (χ4v) is 1.97. The van der Waals surface area contributed by atoms with Gasteiger partial charge in [-0.3, -0.25) is 0 Å². The lowest BCUT2D eigenvalue weighted by molar-refractivity contribution is -0.138. The summed E-state index contributed by atoms with van der Waals surface area (Å²) in [6, 6.07) is 2.98. The molecule has 1 N–H and O–H groups in total. The van der Waals surface area contributed by atoms with Crippen LogP contribution in [0.2, 0.25) is 0 Å². The number of benzene rings is 1. The summed E-state index contributed by atoms with van der Waals surface area (Å²) in [5.74, 6) is 0.120. The number of hydrogen-bond acceptors (Lipinski definition) is 3. The van der Waals surface area contributed by atoms with Gasteiger partial charge in [0, 0.05) is 6.42 Å². The zero-order valence-corrected chi connectivity index (χ0v) is 10.1. The van der Waals surface area contributed by atoms with Gasteiger partial charge in [-0.25, -0.2) is 4.79 Å². The van der Waals surface area contributed by atoms with Crippen molar-refractivity contribution < 1.29 is 27.4 Å². The standard InChI is InChI=1S/C12H12F3NO3/c1-18-7-2-3-8(9(6-7)12(13,14)15)10-4-5-19-11(17)16-10/h2-3,6,10H,4-5H2,1H3,(H,16,17)/t10-/m0/s1. The van der Waals surface area contributed by atoms with Gasteiger partial charge in [0.15, 0.2) is 0 Å². The van der Waals surface area contributed by atoms with Gasteiger partial charge >= 0.3 is 12.3 Å². The van der Waals surface area contributed by atoms with Crippen LogP contribution in [0, 0.1) is 0 Å². The van der Waals surface area contributed by atoms with Gasteiger partial charge < -0.3 is 14.8 Å². The molecule has 104 valence electrons. The van der Waals surface area contributed by atoms with Crippen LogP contribution < -0.4 is 10.1 Å². The number of nitrogens with one attached hydrogen (secondary N) is 1. The Hall–Kier alpha value is -1.92. The first-order valence-corrected chi connectivity index (χ1v) is 5.60. The second kappa shape index (κ2) is 4.99. The first-order valence-electron chi connectivity index (χ1n) is 5.60. The average Bonchev–Trinajstić information content (AvgIpc) is 2.37. The van der Waals surface area contributed by atoms with Gasteiger partial charge in [0.25, 0.3) is 0 Å². The van der Waals surface area contributed by atoms with E-state index in [4.69, 9.17) is 4.74 Å². The summed E-state index contributed by atoms with van der Waals surface area (Å²) in [5, 5.41) is 2.38. The van der Waals surface area contributed by atoms with Crippen molar-refractivity contribution in [3.05, 3.63) is 29.3 Å². The fourth-order valence-electron chi connectivity index (χ4n) is 1.97. The minimum absolute atomic E-state index is 0.0185. The number of alkyl carbamates (subject to hydrolysis) is 1. The molecule has 1 aromatic rings. The molecule has 0 spiro atoms. The SMILES string of the molecule is COc1ccc([C@@H]2CCOC(=O)N2)c(C(F)(F)F)c1. The number of ether oxygens (including phenoxy) is 2. The lowest BCUT2D eigenvalue weighted by atomic mass is 9.97. The van der Waals surface area contributed by atoms with Crippen molar-refractivity contribution in [2.45, 2.75) is 18.6 Å². The number of hydrogen-bond donors (Lipinski definition) is 1. The molecule has 0 radical (unpaired) electrons. The Labute approximate surface area is 107 Å². The smallest absolute Gasteiger partial charge is 0.416 e. The van der Waals surface area contributed by atoms with Gasteiger partial charge in [-0.1, -0.05) is 6.07 Å². The molecule has 0 bridgehead atoms. The van der Waals surface area contributed by atoms with Crippen LogP contribution in [0.1, 0.15) is 23.6 Å². The van der Waals surface area contributed by atoms with Crippen LogP contribution in [-0.2, 0) is 10.9 Å². The molecule has 0 aromatic heterocycles. The van der Waals surface area contributed by atoms with Gasteiger partial charge in [-0.05, 0) is 17.7 Å². The van der Waals surface area contributed by atoms with Gasteiger partial charge in [-0.2, -0.15) is 13.2 Å². The van der Waals surface area contributed by atoms with E-state index in [9.17, 15) is 18.0 Å². The highest BCUT2D eigenvalue weighted by molar-refractivity contribution is 5.68. The van der Waals surface area contributed by atoms with E-state index in [0.717, 1.165) is 6.07 Å². The number of methoxy groups -OCH3 is 1. The predicted octanol–water partition coefficient (Wildman–Crippen LogP) is 2.89. The fraction of sp³-hybridized carbons (Fsp3) is 0.417. The summed E-state index contributed by atoms with van der Waals surface area (Å²) in [6.07, 6.45) is -4.92. The van der Waals surface area contributed by atoms with Crippen LogP contribution in [0.25, 0.3) is 0 Å². The Morgan fingerprint density at radius 1 is 1.42 bits per heavy atom. The van der Waals surface area contributed by atoms with E-state index in [-0.39, 0.29) is 17.9 Å². The number of amides is 1. The van der Waals surface area contributed by atoms with Crippen molar-refractivity contribution in [3.8, 4) is 5.75 Å². The lowest BCUT2D eigenvalue weighted by Gasteiger charge is -2.26. The van der Waals surface area contributed by atoms with Gasteiger partial charge in [0.05, 0.1) is 25.3 Å². The normalized spacial score (nSPS) is 19.6. The molecule has 2 rings (SSSR count). The van der Waals surface area contributed by atoms with Crippen molar-refractivity contribution >= 4 is 6.09 Å². The number of carbonyl (C=O) groups is 1. The zero-order valence-electron chi connectivity index (χ0n) is 10.1. The maximum absolute atomic E-state index is 13.0. The molecule has 1 fully saturated rings. The Kier molecular flexibility index (Phi) is 3.55. The number of halogens is 3. The van der Waals surface area contributed by atoms with Crippen molar-refractivity contribution in [3.63, 3.8) is 0 Å². The Morgan fingerprint density at radius 3 is 2.74 bits per heavy atom. The summed E-state index contributed by atoms with van der Waals surface area (Å²) in [5.41, 5.74) is -0.788.